The summed E-state index contributed by atoms with van der Waals surface area (Å²) in [5.74, 6) is -1.22. The Morgan fingerprint density at radius 1 is 0.918 bits per heavy atom. The quantitative estimate of drug-likeness (QED) is 0.160. The first-order chi connectivity index (χ1) is 23.2. The monoisotopic (exact) mass is 709 g/mol. The molecule has 0 radical (unpaired) electrons. The number of anilines is 2. The van der Waals surface area contributed by atoms with Gasteiger partial charge in [-0.15, -0.1) is 0 Å². The van der Waals surface area contributed by atoms with Crippen LogP contribution in [0.1, 0.15) is 47.2 Å². The molecule has 0 aliphatic carbocycles. The molecule has 0 aliphatic heterocycles. The van der Waals surface area contributed by atoms with E-state index < -0.39 is 39.4 Å². The largest absolute Gasteiger partial charge is 0.490 e. The van der Waals surface area contributed by atoms with E-state index in [0.717, 1.165) is 11.8 Å². The van der Waals surface area contributed by atoms with Crippen molar-refractivity contribution in [3.05, 3.63) is 107 Å². The number of hydrogen-bond acceptors (Lipinski definition) is 10. The maximum absolute atomic E-state index is 13.6. The van der Waals surface area contributed by atoms with E-state index in [1.54, 1.807) is 26.8 Å². The second-order valence-corrected chi connectivity index (χ2v) is 14.2. The molecule has 0 unspecified atom stereocenters. The Labute approximate surface area is 289 Å². The molecule has 2 heterocycles. The number of hydrogen-bond donors (Lipinski definition) is 3. The number of benzene rings is 2. The van der Waals surface area contributed by atoms with Crippen LogP contribution in [0.3, 0.4) is 0 Å². The minimum absolute atomic E-state index is 0.0221. The van der Waals surface area contributed by atoms with Crippen LogP contribution in [0, 0.1) is 0 Å². The predicted molar refractivity (Wildman–Crippen MR) is 184 cm³/mol. The van der Waals surface area contributed by atoms with Gasteiger partial charge < -0.3 is 30.2 Å². The summed E-state index contributed by atoms with van der Waals surface area (Å²) in [6.07, 6.45) is 2.36. The van der Waals surface area contributed by atoms with E-state index in [2.05, 4.69) is 25.9 Å². The van der Waals surface area contributed by atoms with Crippen molar-refractivity contribution in [1.82, 2.24) is 15.3 Å². The number of halogens is 1. The second-order valence-electron chi connectivity index (χ2n) is 11.7. The number of aromatic nitrogens is 2. The summed E-state index contributed by atoms with van der Waals surface area (Å²) in [5, 5.41) is 8.30. The number of carbonyl (C=O) groups is 3. The molecule has 0 saturated heterocycles. The van der Waals surface area contributed by atoms with Crippen LogP contribution >= 0.6 is 11.6 Å². The highest BCUT2D eigenvalue weighted by Gasteiger charge is 2.23. The molecular weight excluding hydrogens is 674 g/mol. The molecule has 3 amide bonds. The van der Waals surface area contributed by atoms with Crippen LogP contribution < -0.4 is 20.7 Å². The number of nitrogens with zero attached hydrogens (tertiary/aromatic N) is 2. The van der Waals surface area contributed by atoms with Crippen LogP contribution in [0.5, 0.6) is 5.75 Å². The van der Waals surface area contributed by atoms with E-state index in [1.807, 2.05) is 30.3 Å². The Bertz CT molecular complexity index is 1890. The SMILES string of the molecule is CC(C)(C)OC(=O)NC[C@@H](COc1cc(S(C)(=O)=O)ccc1C(=O)Nc1cccnc1C(=O)Nc1ccc(Cl)cn1)OCc1ccccc1. The molecule has 49 heavy (non-hydrogen) atoms. The van der Waals surface area contributed by atoms with E-state index in [0.29, 0.717) is 5.02 Å². The van der Waals surface area contributed by atoms with Gasteiger partial charge in [-0.1, -0.05) is 41.9 Å². The summed E-state index contributed by atoms with van der Waals surface area (Å²) < 4.78 is 42.3. The van der Waals surface area contributed by atoms with E-state index in [1.165, 1.54) is 48.8 Å². The first-order valence-electron chi connectivity index (χ1n) is 15.0. The molecule has 0 aliphatic rings. The maximum atomic E-state index is 13.6. The van der Waals surface area contributed by atoms with E-state index in [4.69, 9.17) is 25.8 Å². The molecule has 0 spiro atoms. The summed E-state index contributed by atoms with van der Waals surface area (Å²) in [5.41, 5.74) is 0.0701. The number of ether oxygens (including phenoxy) is 3. The highest BCUT2D eigenvalue weighted by atomic mass is 35.5. The molecule has 258 valence electrons. The zero-order chi connectivity index (χ0) is 35.6. The standard InChI is InChI=1S/C34H36ClN5O8S/c1-34(2,3)48-33(43)38-19-24(46-20-22-9-6-5-7-10-22)21-47-28-17-25(49(4,44)45)13-14-26(28)31(41)39-27-11-8-16-36-30(27)32(42)40-29-15-12-23(35)18-37-29/h5-18,24H,19-21H2,1-4H3,(H,38,43)(H,39,41)(H,37,40,42)/t24-/m0/s1. The van der Waals surface area contributed by atoms with Crippen molar-refractivity contribution in [1.29, 1.82) is 0 Å². The molecule has 0 fully saturated rings. The van der Waals surface area contributed by atoms with Crippen molar-refractivity contribution in [2.45, 2.75) is 44.0 Å². The molecule has 3 N–H and O–H groups in total. The number of carbonyl (C=O) groups excluding carboxylic acids is 3. The average molecular weight is 710 g/mol. The third-order valence-corrected chi connectivity index (χ3v) is 7.83. The summed E-state index contributed by atoms with van der Waals surface area (Å²) in [4.78, 5) is 47.1. The Balaban J connectivity index is 1.56. The third-order valence-electron chi connectivity index (χ3n) is 6.49. The second kappa shape index (κ2) is 16.4. The lowest BCUT2D eigenvalue weighted by Crippen LogP contribution is -2.40. The highest BCUT2D eigenvalue weighted by Crippen LogP contribution is 2.26. The average Bonchev–Trinajstić information content (AvgIpc) is 3.04. The summed E-state index contributed by atoms with van der Waals surface area (Å²) in [6, 6.07) is 19.2. The Kier molecular flexibility index (Phi) is 12.3. The first kappa shape index (κ1) is 36.8. The van der Waals surface area contributed by atoms with Crippen molar-refractivity contribution in [2.24, 2.45) is 0 Å². The fourth-order valence-corrected chi connectivity index (χ4v) is 4.94. The van der Waals surface area contributed by atoms with Crippen LogP contribution in [0.15, 0.2) is 90.1 Å². The summed E-state index contributed by atoms with van der Waals surface area (Å²) >= 11 is 5.88. The van der Waals surface area contributed by atoms with Crippen molar-refractivity contribution in [3.8, 4) is 5.75 Å². The lowest BCUT2D eigenvalue weighted by atomic mass is 10.1. The zero-order valence-electron chi connectivity index (χ0n) is 27.2. The number of nitrogens with one attached hydrogen (secondary N) is 3. The molecule has 0 saturated carbocycles. The minimum Gasteiger partial charge on any atom is -0.490 e. The smallest absolute Gasteiger partial charge is 0.407 e. The number of rotatable bonds is 13. The molecule has 4 rings (SSSR count). The van der Waals surface area contributed by atoms with Gasteiger partial charge in [-0.25, -0.2) is 23.2 Å². The van der Waals surface area contributed by atoms with Crippen molar-refractivity contribution in [3.63, 3.8) is 0 Å². The van der Waals surface area contributed by atoms with Gasteiger partial charge in [0.15, 0.2) is 15.5 Å². The highest BCUT2D eigenvalue weighted by molar-refractivity contribution is 7.90. The molecular formula is C34H36ClN5O8S. The minimum atomic E-state index is -3.69. The zero-order valence-corrected chi connectivity index (χ0v) is 28.8. The van der Waals surface area contributed by atoms with Gasteiger partial charge in [0.05, 0.1) is 34.3 Å². The number of alkyl carbamates (subject to hydrolysis) is 1. The Hall–Kier alpha value is -5.05. The lowest BCUT2D eigenvalue weighted by Gasteiger charge is -2.23. The van der Waals surface area contributed by atoms with Crippen molar-refractivity contribution in [2.75, 3.05) is 30.0 Å². The molecule has 4 aromatic rings. The number of pyridine rings is 2. The van der Waals surface area contributed by atoms with Gasteiger partial charge in [0.25, 0.3) is 11.8 Å². The molecule has 2 aromatic carbocycles. The third kappa shape index (κ3) is 11.6. The van der Waals surface area contributed by atoms with E-state index in [-0.39, 0.29) is 53.2 Å². The van der Waals surface area contributed by atoms with Gasteiger partial charge >= 0.3 is 6.09 Å². The van der Waals surface area contributed by atoms with Gasteiger partial charge in [-0.2, -0.15) is 0 Å². The van der Waals surface area contributed by atoms with Crippen LogP contribution in [0.4, 0.5) is 16.3 Å². The normalized spacial score (nSPS) is 12.0. The fraction of sp³-hybridized carbons (Fsp3) is 0.265. The number of sulfone groups is 1. The molecule has 1 atom stereocenters. The van der Waals surface area contributed by atoms with Crippen LogP contribution in [-0.2, 0) is 25.9 Å². The summed E-state index contributed by atoms with van der Waals surface area (Å²) in [7, 11) is -3.69. The molecule has 15 heteroatoms. The van der Waals surface area contributed by atoms with Crippen molar-refractivity contribution >= 4 is 50.9 Å². The Morgan fingerprint density at radius 3 is 2.35 bits per heavy atom. The summed E-state index contributed by atoms with van der Waals surface area (Å²) in [6.45, 7) is 5.17. The molecule has 2 aromatic heterocycles. The number of amides is 3. The van der Waals surface area contributed by atoms with Crippen LogP contribution in [0.25, 0.3) is 0 Å². The van der Waals surface area contributed by atoms with Gasteiger partial charge in [0.1, 0.15) is 29.9 Å². The predicted octanol–water partition coefficient (Wildman–Crippen LogP) is 5.53. The van der Waals surface area contributed by atoms with Gasteiger partial charge in [0, 0.05) is 18.6 Å². The first-order valence-corrected chi connectivity index (χ1v) is 17.2. The van der Waals surface area contributed by atoms with Gasteiger partial charge in [0.2, 0.25) is 0 Å². The molecule has 13 nitrogen and oxygen atoms in total. The topological polar surface area (TPSA) is 175 Å². The fourth-order valence-electron chi connectivity index (χ4n) is 4.19. The maximum Gasteiger partial charge on any atom is 0.407 e. The van der Waals surface area contributed by atoms with Crippen LogP contribution in [0.2, 0.25) is 5.02 Å². The molecule has 0 bridgehead atoms. The van der Waals surface area contributed by atoms with E-state index in [9.17, 15) is 22.8 Å². The van der Waals surface area contributed by atoms with Gasteiger partial charge in [-0.3, -0.25) is 9.59 Å². The van der Waals surface area contributed by atoms with E-state index >= 15 is 0 Å². The van der Waals surface area contributed by atoms with Gasteiger partial charge in [-0.05, 0) is 68.8 Å². The lowest BCUT2D eigenvalue weighted by molar-refractivity contribution is 0.00524. The van der Waals surface area contributed by atoms with Crippen molar-refractivity contribution < 1.29 is 37.0 Å². The Morgan fingerprint density at radius 2 is 1.67 bits per heavy atom. The van der Waals surface area contributed by atoms with Crippen LogP contribution in [-0.4, -0.2) is 67.4 Å².